The highest BCUT2D eigenvalue weighted by atomic mass is 15.0. The second-order valence-electron chi connectivity index (χ2n) is 9.79. The van der Waals surface area contributed by atoms with Crippen LogP contribution in [0.4, 0.5) is 0 Å². The molecule has 31 heavy (non-hydrogen) atoms. The van der Waals surface area contributed by atoms with Crippen LogP contribution in [0.1, 0.15) is 108 Å². The maximum atomic E-state index is 2.56. The van der Waals surface area contributed by atoms with Crippen molar-refractivity contribution in [2.24, 2.45) is 0 Å². The van der Waals surface area contributed by atoms with E-state index in [0.29, 0.717) is 0 Å². The number of aromatic nitrogens is 1. The van der Waals surface area contributed by atoms with E-state index in [9.17, 15) is 0 Å². The van der Waals surface area contributed by atoms with Gasteiger partial charge in [0.25, 0.3) is 0 Å². The van der Waals surface area contributed by atoms with Gasteiger partial charge in [-0.1, -0.05) is 114 Å². The number of hydrogen-bond donors (Lipinski definition) is 0. The van der Waals surface area contributed by atoms with Crippen molar-refractivity contribution in [3.63, 3.8) is 0 Å². The Balaban J connectivity index is 1.35. The molecule has 0 spiro atoms. The molecule has 0 aliphatic rings. The lowest BCUT2D eigenvalue weighted by Gasteiger charge is -2.08. The SMILES string of the molecule is CCCCCCCCCCCCCCCCn1c2ccc(C)cc2c2cc(C)ccc21. The highest BCUT2D eigenvalue weighted by molar-refractivity contribution is 6.08. The van der Waals surface area contributed by atoms with Crippen molar-refractivity contribution < 1.29 is 0 Å². The third kappa shape index (κ3) is 7.13. The van der Waals surface area contributed by atoms with Gasteiger partial charge in [-0.15, -0.1) is 0 Å². The first-order valence-electron chi connectivity index (χ1n) is 13.2. The van der Waals surface area contributed by atoms with Crippen LogP contribution in [-0.2, 0) is 6.54 Å². The van der Waals surface area contributed by atoms with Gasteiger partial charge in [0.1, 0.15) is 0 Å². The molecule has 1 heteroatoms. The number of nitrogens with zero attached hydrogens (tertiary/aromatic N) is 1. The minimum Gasteiger partial charge on any atom is -0.340 e. The molecule has 0 radical (unpaired) electrons. The lowest BCUT2D eigenvalue weighted by atomic mass is 10.0. The van der Waals surface area contributed by atoms with E-state index in [0.717, 1.165) is 6.54 Å². The van der Waals surface area contributed by atoms with Gasteiger partial charge in [-0.05, 0) is 44.5 Å². The third-order valence-electron chi connectivity index (χ3n) is 6.91. The van der Waals surface area contributed by atoms with Crippen molar-refractivity contribution in [1.82, 2.24) is 4.57 Å². The van der Waals surface area contributed by atoms with Gasteiger partial charge in [-0.25, -0.2) is 0 Å². The van der Waals surface area contributed by atoms with Crippen LogP contribution in [0.3, 0.4) is 0 Å². The van der Waals surface area contributed by atoms with Gasteiger partial charge < -0.3 is 4.57 Å². The molecule has 0 unspecified atom stereocenters. The molecule has 2 aromatic carbocycles. The lowest BCUT2D eigenvalue weighted by Crippen LogP contribution is -1.97. The summed E-state index contributed by atoms with van der Waals surface area (Å²) in [4.78, 5) is 0. The zero-order chi connectivity index (χ0) is 21.9. The number of benzene rings is 2. The predicted molar refractivity (Wildman–Crippen MR) is 139 cm³/mol. The average molecular weight is 420 g/mol. The van der Waals surface area contributed by atoms with E-state index in [-0.39, 0.29) is 0 Å². The zero-order valence-electron chi connectivity index (χ0n) is 20.5. The summed E-state index contributed by atoms with van der Waals surface area (Å²) >= 11 is 0. The molecule has 0 aliphatic carbocycles. The molecular formula is C30H45N. The van der Waals surface area contributed by atoms with Gasteiger partial charge in [0.15, 0.2) is 0 Å². The molecule has 0 aliphatic heterocycles. The van der Waals surface area contributed by atoms with Crippen LogP contribution in [0.15, 0.2) is 36.4 Å². The van der Waals surface area contributed by atoms with Crippen molar-refractivity contribution in [3.8, 4) is 0 Å². The minimum absolute atomic E-state index is 1.14. The Bertz CT molecular complexity index is 858. The molecule has 0 N–H and O–H groups in total. The lowest BCUT2D eigenvalue weighted by molar-refractivity contribution is 0.528. The van der Waals surface area contributed by atoms with Crippen LogP contribution in [-0.4, -0.2) is 4.57 Å². The minimum atomic E-state index is 1.14. The summed E-state index contributed by atoms with van der Waals surface area (Å²) in [7, 11) is 0. The molecule has 3 aromatic rings. The number of aryl methyl sites for hydroxylation is 3. The number of rotatable bonds is 15. The topological polar surface area (TPSA) is 4.93 Å². The maximum Gasteiger partial charge on any atom is 0.0491 e. The molecule has 0 saturated carbocycles. The fourth-order valence-electron chi connectivity index (χ4n) is 5.04. The Hall–Kier alpha value is -1.76. The molecule has 1 heterocycles. The monoisotopic (exact) mass is 419 g/mol. The Kier molecular flexibility index (Phi) is 9.97. The van der Waals surface area contributed by atoms with E-state index in [4.69, 9.17) is 0 Å². The number of unbranched alkanes of at least 4 members (excludes halogenated alkanes) is 13. The number of hydrogen-bond acceptors (Lipinski definition) is 0. The molecular weight excluding hydrogens is 374 g/mol. The molecule has 1 nitrogen and oxygen atoms in total. The van der Waals surface area contributed by atoms with Crippen molar-refractivity contribution in [2.75, 3.05) is 0 Å². The van der Waals surface area contributed by atoms with Crippen LogP contribution in [0.5, 0.6) is 0 Å². The van der Waals surface area contributed by atoms with Crippen molar-refractivity contribution in [2.45, 2.75) is 117 Å². The van der Waals surface area contributed by atoms with E-state index in [1.54, 1.807) is 0 Å². The van der Waals surface area contributed by atoms with Gasteiger partial charge in [0.05, 0.1) is 0 Å². The van der Waals surface area contributed by atoms with Crippen molar-refractivity contribution >= 4 is 21.8 Å². The first-order chi connectivity index (χ1) is 15.2. The zero-order valence-corrected chi connectivity index (χ0v) is 20.5. The molecule has 0 bridgehead atoms. The third-order valence-corrected chi connectivity index (χ3v) is 6.91. The summed E-state index contributed by atoms with van der Waals surface area (Å²) in [5, 5.41) is 2.84. The van der Waals surface area contributed by atoms with Gasteiger partial charge in [-0.3, -0.25) is 0 Å². The second kappa shape index (κ2) is 12.9. The average Bonchev–Trinajstić information content (AvgIpc) is 3.06. The van der Waals surface area contributed by atoms with Crippen LogP contribution < -0.4 is 0 Å². The highest BCUT2D eigenvalue weighted by Crippen LogP contribution is 2.31. The smallest absolute Gasteiger partial charge is 0.0491 e. The Morgan fingerprint density at radius 3 is 1.32 bits per heavy atom. The van der Waals surface area contributed by atoms with Crippen LogP contribution in [0.2, 0.25) is 0 Å². The Labute approximate surface area is 191 Å². The van der Waals surface area contributed by atoms with Gasteiger partial charge >= 0.3 is 0 Å². The summed E-state index contributed by atoms with van der Waals surface area (Å²) in [6.07, 6.45) is 19.9. The highest BCUT2D eigenvalue weighted by Gasteiger charge is 2.10. The van der Waals surface area contributed by atoms with Crippen LogP contribution in [0, 0.1) is 13.8 Å². The fourth-order valence-corrected chi connectivity index (χ4v) is 5.04. The fraction of sp³-hybridized carbons (Fsp3) is 0.600. The molecule has 0 fully saturated rings. The summed E-state index contributed by atoms with van der Waals surface area (Å²) in [5.74, 6) is 0. The van der Waals surface area contributed by atoms with E-state index in [1.165, 1.54) is 123 Å². The Morgan fingerprint density at radius 1 is 0.516 bits per heavy atom. The van der Waals surface area contributed by atoms with Crippen molar-refractivity contribution in [3.05, 3.63) is 47.5 Å². The Morgan fingerprint density at radius 2 is 0.903 bits per heavy atom. The summed E-state index contributed by atoms with van der Waals surface area (Å²) in [5.41, 5.74) is 5.51. The van der Waals surface area contributed by atoms with Crippen molar-refractivity contribution in [1.29, 1.82) is 0 Å². The van der Waals surface area contributed by atoms with E-state index < -0.39 is 0 Å². The van der Waals surface area contributed by atoms with Gasteiger partial charge in [-0.2, -0.15) is 0 Å². The van der Waals surface area contributed by atoms with Gasteiger partial charge in [0, 0.05) is 28.4 Å². The van der Waals surface area contributed by atoms with E-state index in [2.05, 4.69) is 61.7 Å². The van der Waals surface area contributed by atoms with Gasteiger partial charge in [0.2, 0.25) is 0 Å². The molecule has 1 aromatic heterocycles. The molecule has 3 rings (SSSR count). The summed E-state index contributed by atoms with van der Waals surface area (Å²) in [6, 6.07) is 13.9. The maximum absolute atomic E-state index is 2.56. The van der Waals surface area contributed by atoms with E-state index >= 15 is 0 Å². The second-order valence-corrected chi connectivity index (χ2v) is 9.79. The van der Waals surface area contributed by atoms with E-state index in [1.807, 2.05) is 0 Å². The summed E-state index contributed by atoms with van der Waals surface area (Å²) in [6.45, 7) is 7.84. The standard InChI is InChI=1S/C30H45N/c1-4-5-6-7-8-9-10-11-12-13-14-15-16-17-22-31-29-20-18-25(2)23-27(29)28-24-26(3)19-21-30(28)31/h18-21,23-24H,4-17,22H2,1-3H3. The molecule has 0 amide bonds. The van der Waals surface area contributed by atoms with Crippen LogP contribution in [0.25, 0.3) is 21.8 Å². The first-order valence-corrected chi connectivity index (χ1v) is 13.2. The summed E-state index contributed by atoms with van der Waals surface area (Å²) < 4.78 is 2.56. The molecule has 170 valence electrons. The van der Waals surface area contributed by atoms with Crippen LogP contribution >= 0.6 is 0 Å². The molecule has 0 atom stereocenters. The normalized spacial score (nSPS) is 11.7. The quantitative estimate of drug-likeness (QED) is 0.216. The largest absolute Gasteiger partial charge is 0.340 e. The number of fused-ring (bicyclic) bond motifs is 3. The predicted octanol–water partition coefficient (Wildman–Crippen LogP) is 9.89. The molecule has 0 saturated heterocycles. The first kappa shape index (κ1) is 23.9.